The summed E-state index contributed by atoms with van der Waals surface area (Å²) in [6.45, 7) is 5.03. The second-order valence-electron chi connectivity index (χ2n) is 2.95. The van der Waals surface area contributed by atoms with E-state index in [-0.39, 0.29) is 18.5 Å². The summed E-state index contributed by atoms with van der Waals surface area (Å²) >= 11 is 0. The number of hydrogen-bond donors (Lipinski definition) is 1. The van der Waals surface area contributed by atoms with Crippen molar-refractivity contribution in [3.8, 4) is 0 Å². The van der Waals surface area contributed by atoms with E-state index in [0.717, 1.165) is 0 Å². The molecule has 0 aromatic heterocycles. The van der Waals surface area contributed by atoms with Crippen molar-refractivity contribution in [3.63, 3.8) is 0 Å². The molecule has 0 atom stereocenters. The molecule has 0 saturated heterocycles. The number of amides is 1. The lowest BCUT2D eigenvalue weighted by molar-refractivity contribution is -0.143. The Balaban J connectivity index is 4.41. The molecule has 0 unspecified atom stereocenters. The van der Waals surface area contributed by atoms with Crippen LogP contribution in [0.1, 0.15) is 20.8 Å². The maximum absolute atomic E-state index is 11.3. The fraction of sp³-hybridized carbons (Fsp3) is 0.556. The van der Waals surface area contributed by atoms with Gasteiger partial charge in [-0.1, -0.05) is 6.08 Å². The van der Waals surface area contributed by atoms with Crippen LogP contribution in [0.2, 0.25) is 0 Å². The fourth-order valence-corrected chi connectivity index (χ4v) is 0.899. The van der Waals surface area contributed by atoms with E-state index in [1.807, 2.05) is 0 Å². The molecule has 4 heteroatoms. The number of aliphatic carboxylic acids is 1. The van der Waals surface area contributed by atoms with Crippen LogP contribution in [0.4, 0.5) is 0 Å². The van der Waals surface area contributed by atoms with Crippen molar-refractivity contribution in [3.05, 3.63) is 12.2 Å². The summed E-state index contributed by atoms with van der Waals surface area (Å²) in [6.07, 6.45) is 2.96. The van der Waals surface area contributed by atoms with Crippen LogP contribution in [0.5, 0.6) is 0 Å². The third kappa shape index (κ3) is 4.30. The maximum atomic E-state index is 11.3. The number of carbonyl (C=O) groups is 2. The molecule has 0 aliphatic carbocycles. The van der Waals surface area contributed by atoms with Crippen LogP contribution in [0.3, 0.4) is 0 Å². The Bertz CT molecular complexity index is 221. The van der Waals surface area contributed by atoms with E-state index in [2.05, 4.69) is 0 Å². The van der Waals surface area contributed by atoms with Crippen molar-refractivity contribution in [1.29, 1.82) is 0 Å². The first-order chi connectivity index (χ1) is 5.99. The largest absolute Gasteiger partial charge is 0.480 e. The van der Waals surface area contributed by atoms with Crippen molar-refractivity contribution < 1.29 is 14.7 Å². The van der Waals surface area contributed by atoms with Gasteiger partial charge in [-0.25, -0.2) is 0 Å². The molecule has 74 valence electrons. The average Bonchev–Trinajstić information content (AvgIpc) is 1.99. The van der Waals surface area contributed by atoms with Crippen LogP contribution in [0.15, 0.2) is 12.2 Å². The number of carboxylic acid groups (broad SMARTS) is 1. The highest BCUT2D eigenvalue weighted by Gasteiger charge is 2.16. The van der Waals surface area contributed by atoms with Gasteiger partial charge < -0.3 is 10.0 Å². The van der Waals surface area contributed by atoms with E-state index in [1.54, 1.807) is 26.8 Å². The summed E-state index contributed by atoms with van der Waals surface area (Å²) in [6, 6.07) is -0.0974. The summed E-state index contributed by atoms with van der Waals surface area (Å²) in [7, 11) is 0. The monoisotopic (exact) mass is 185 g/mol. The molecule has 0 aliphatic heterocycles. The second-order valence-corrected chi connectivity index (χ2v) is 2.95. The van der Waals surface area contributed by atoms with Crippen molar-refractivity contribution in [2.75, 3.05) is 6.54 Å². The van der Waals surface area contributed by atoms with Crippen molar-refractivity contribution in [2.24, 2.45) is 0 Å². The van der Waals surface area contributed by atoms with E-state index >= 15 is 0 Å². The Hall–Kier alpha value is -1.32. The predicted octanol–water partition coefficient (Wildman–Crippen LogP) is 0.884. The molecule has 0 fully saturated rings. The van der Waals surface area contributed by atoms with Crippen LogP contribution in [-0.4, -0.2) is 34.5 Å². The zero-order valence-electron chi connectivity index (χ0n) is 8.15. The maximum Gasteiger partial charge on any atom is 0.323 e. The Morgan fingerprint density at radius 3 is 2.31 bits per heavy atom. The second kappa shape index (κ2) is 5.35. The standard InChI is InChI=1S/C9H15NO3/c1-4-5-8(11)10(7(2)3)6-9(12)13/h4-5,7H,6H2,1-3H3,(H,12,13)/b5-4-. The van der Waals surface area contributed by atoms with Crippen molar-refractivity contribution in [1.82, 2.24) is 4.90 Å². The van der Waals surface area contributed by atoms with Gasteiger partial charge in [-0.15, -0.1) is 0 Å². The van der Waals surface area contributed by atoms with Gasteiger partial charge in [-0.05, 0) is 26.8 Å². The first-order valence-electron chi connectivity index (χ1n) is 4.14. The van der Waals surface area contributed by atoms with Gasteiger partial charge in [0, 0.05) is 6.04 Å². The van der Waals surface area contributed by atoms with E-state index in [1.165, 1.54) is 11.0 Å². The lowest BCUT2D eigenvalue weighted by Crippen LogP contribution is -2.39. The number of hydrogen-bond acceptors (Lipinski definition) is 2. The van der Waals surface area contributed by atoms with E-state index in [9.17, 15) is 9.59 Å². The number of nitrogens with zero attached hydrogens (tertiary/aromatic N) is 1. The molecule has 4 nitrogen and oxygen atoms in total. The van der Waals surface area contributed by atoms with Gasteiger partial charge in [0.1, 0.15) is 6.54 Å². The number of carbonyl (C=O) groups excluding carboxylic acids is 1. The number of allylic oxidation sites excluding steroid dienone is 1. The molecule has 0 aliphatic rings. The van der Waals surface area contributed by atoms with Gasteiger partial charge in [0.05, 0.1) is 0 Å². The summed E-state index contributed by atoms with van der Waals surface area (Å²) in [4.78, 5) is 23.0. The molecule has 0 heterocycles. The SMILES string of the molecule is C/C=C\C(=O)N(CC(=O)O)C(C)C. The molecule has 0 bridgehead atoms. The molecule has 1 amide bonds. The Labute approximate surface area is 77.8 Å². The Morgan fingerprint density at radius 2 is 2.00 bits per heavy atom. The lowest BCUT2D eigenvalue weighted by atomic mass is 10.3. The molecule has 13 heavy (non-hydrogen) atoms. The van der Waals surface area contributed by atoms with Gasteiger partial charge in [-0.2, -0.15) is 0 Å². The topological polar surface area (TPSA) is 57.6 Å². The van der Waals surface area contributed by atoms with Gasteiger partial charge in [0.2, 0.25) is 5.91 Å². The Kier molecular flexibility index (Phi) is 4.80. The summed E-state index contributed by atoms with van der Waals surface area (Å²) in [5, 5.41) is 8.53. The number of carboxylic acids is 1. The molecular formula is C9H15NO3. The first-order valence-corrected chi connectivity index (χ1v) is 4.14. The van der Waals surface area contributed by atoms with Gasteiger partial charge in [0.15, 0.2) is 0 Å². The Morgan fingerprint density at radius 1 is 1.46 bits per heavy atom. The molecular weight excluding hydrogens is 170 g/mol. The van der Waals surface area contributed by atoms with Gasteiger partial charge in [-0.3, -0.25) is 9.59 Å². The van der Waals surface area contributed by atoms with Crippen LogP contribution < -0.4 is 0 Å². The van der Waals surface area contributed by atoms with E-state index in [0.29, 0.717) is 0 Å². The molecule has 1 N–H and O–H groups in total. The van der Waals surface area contributed by atoms with Gasteiger partial charge >= 0.3 is 5.97 Å². The minimum atomic E-state index is -0.994. The van der Waals surface area contributed by atoms with Crippen molar-refractivity contribution >= 4 is 11.9 Å². The van der Waals surface area contributed by atoms with Crippen molar-refractivity contribution in [2.45, 2.75) is 26.8 Å². The molecule has 0 aromatic rings. The first kappa shape index (κ1) is 11.7. The highest BCUT2D eigenvalue weighted by molar-refractivity contribution is 5.90. The summed E-state index contributed by atoms with van der Waals surface area (Å²) in [5.74, 6) is -1.26. The minimum Gasteiger partial charge on any atom is -0.480 e. The van der Waals surface area contributed by atoms with Crippen LogP contribution >= 0.6 is 0 Å². The third-order valence-corrected chi connectivity index (χ3v) is 1.52. The minimum absolute atomic E-state index is 0.0974. The van der Waals surface area contributed by atoms with Crippen LogP contribution in [-0.2, 0) is 9.59 Å². The molecule has 0 rings (SSSR count). The highest BCUT2D eigenvalue weighted by Crippen LogP contribution is 1.99. The molecule has 0 radical (unpaired) electrons. The highest BCUT2D eigenvalue weighted by atomic mass is 16.4. The average molecular weight is 185 g/mol. The quantitative estimate of drug-likeness (QED) is 0.661. The lowest BCUT2D eigenvalue weighted by Gasteiger charge is -2.23. The summed E-state index contributed by atoms with van der Waals surface area (Å²) < 4.78 is 0. The molecule has 0 spiro atoms. The van der Waals surface area contributed by atoms with E-state index < -0.39 is 5.97 Å². The molecule has 0 saturated carbocycles. The van der Waals surface area contributed by atoms with Crippen LogP contribution in [0.25, 0.3) is 0 Å². The van der Waals surface area contributed by atoms with E-state index in [4.69, 9.17) is 5.11 Å². The van der Waals surface area contributed by atoms with Gasteiger partial charge in [0.25, 0.3) is 0 Å². The predicted molar refractivity (Wildman–Crippen MR) is 49.3 cm³/mol. The van der Waals surface area contributed by atoms with Crippen LogP contribution in [0, 0.1) is 0 Å². The third-order valence-electron chi connectivity index (χ3n) is 1.52. The zero-order chi connectivity index (χ0) is 10.4. The number of rotatable bonds is 4. The molecule has 0 aromatic carbocycles. The fourth-order valence-electron chi connectivity index (χ4n) is 0.899. The zero-order valence-corrected chi connectivity index (χ0v) is 8.15. The smallest absolute Gasteiger partial charge is 0.323 e. The summed E-state index contributed by atoms with van der Waals surface area (Å²) in [5.41, 5.74) is 0. The normalized spacial score (nSPS) is 10.8.